The van der Waals surface area contributed by atoms with E-state index in [1.807, 2.05) is 18.2 Å². The molecule has 6 nitrogen and oxygen atoms in total. The summed E-state index contributed by atoms with van der Waals surface area (Å²) in [5, 5.41) is 2.85. The number of ether oxygens (including phenoxy) is 1. The smallest absolute Gasteiger partial charge is 0.406 e. The molecule has 9 heteroatoms. The van der Waals surface area contributed by atoms with E-state index in [4.69, 9.17) is 4.74 Å². The van der Waals surface area contributed by atoms with Crippen molar-refractivity contribution in [2.45, 2.75) is 19.0 Å². The Morgan fingerprint density at radius 3 is 2.44 bits per heavy atom. The quantitative estimate of drug-likeness (QED) is 0.696. The summed E-state index contributed by atoms with van der Waals surface area (Å²) in [6.07, 6.45) is -3.20. The number of halogens is 3. The predicted octanol–water partition coefficient (Wildman–Crippen LogP) is 3.94. The molecule has 2 aromatic rings. The van der Waals surface area contributed by atoms with Crippen molar-refractivity contribution in [3.05, 3.63) is 54.6 Å². The summed E-state index contributed by atoms with van der Waals surface area (Å²) in [4.78, 5) is 27.9. The van der Waals surface area contributed by atoms with Crippen molar-refractivity contribution in [2.24, 2.45) is 5.92 Å². The third-order valence-corrected chi connectivity index (χ3v) is 5.30. The van der Waals surface area contributed by atoms with Crippen molar-refractivity contribution >= 4 is 23.2 Å². The Morgan fingerprint density at radius 1 is 1.12 bits per heavy atom. The number of carbonyl (C=O) groups is 2. The van der Waals surface area contributed by atoms with Crippen LogP contribution in [0.2, 0.25) is 0 Å². The molecule has 1 aliphatic rings. The number of piperidine rings is 1. The van der Waals surface area contributed by atoms with E-state index in [-0.39, 0.29) is 24.1 Å². The van der Waals surface area contributed by atoms with Crippen LogP contribution in [-0.2, 0) is 9.59 Å². The highest BCUT2D eigenvalue weighted by molar-refractivity contribution is 5.95. The topological polar surface area (TPSA) is 61.9 Å². The lowest BCUT2D eigenvalue weighted by Gasteiger charge is -2.33. The van der Waals surface area contributed by atoms with Crippen LogP contribution < -0.4 is 15.0 Å². The van der Waals surface area contributed by atoms with Crippen molar-refractivity contribution in [1.29, 1.82) is 0 Å². The summed E-state index contributed by atoms with van der Waals surface area (Å²) < 4.78 is 44.5. The van der Waals surface area contributed by atoms with Crippen molar-refractivity contribution in [3.8, 4) is 5.75 Å². The Labute approximate surface area is 184 Å². The Hall–Kier alpha value is -3.07. The van der Waals surface area contributed by atoms with Gasteiger partial charge in [-0.3, -0.25) is 14.5 Å². The van der Waals surface area contributed by atoms with Crippen LogP contribution in [0.4, 0.5) is 24.5 Å². The first-order chi connectivity index (χ1) is 15.2. The van der Waals surface area contributed by atoms with Crippen LogP contribution in [-0.4, -0.2) is 56.2 Å². The Bertz CT molecular complexity index is 904. The fourth-order valence-electron chi connectivity index (χ4n) is 3.72. The van der Waals surface area contributed by atoms with Gasteiger partial charge in [0, 0.05) is 17.9 Å². The average molecular weight is 449 g/mol. The molecule has 2 aromatic carbocycles. The van der Waals surface area contributed by atoms with E-state index in [1.54, 1.807) is 17.0 Å². The number of anilines is 2. The summed E-state index contributed by atoms with van der Waals surface area (Å²) in [6, 6.07) is 14.9. The molecule has 1 fully saturated rings. The maximum Gasteiger partial charge on any atom is 0.406 e. The van der Waals surface area contributed by atoms with E-state index in [9.17, 15) is 22.8 Å². The molecule has 0 radical (unpaired) electrons. The monoisotopic (exact) mass is 449 g/mol. The number of amides is 2. The lowest BCUT2D eigenvalue weighted by molar-refractivity contribution is -0.133. The molecular weight excluding hydrogens is 423 g/mol. The van der Waals surface area contributed by atoms with Crippen LogP contribution in [0.25, 0.3) is 0 Å². The van der Waals surface area contributed by atoms with Gasteiger partial charge in [-0.15, -0.1) is 0 Å². The van der Waals surface area contributed by atoms with E-state index in [0.29, 0.717) is 37.4 Å². The highest BCUT2D eigenvalue weighted by Gasteiger charge is 2.35. The number of likely N-dealkylation sites (tertiary alicyclic amines) is 1. The summed E-state index contributed by atoms with van der Waals surface area (Å²) in [5.41, 5.74) is 0.824. The number of carbonyl (C=O) groups excluding carboxylic acids is 2. The second kappa shape index (κ2) is 10.5. The van der Waals surface area contributed by atoms with E-state index < -0.39 is 18.6 Å². The van der Waals surface area contributed by atoms with Gasteiger partial charge >= 0.3 is 6.18 Å². The third kappa shape index (κ3) is 6.71. The fourth-order valence-corrected chi connectivity index (χ4v) is 3.72. The molecule has 0 unspecified atom stereocenters. The number of benzene rings is 2. The lowest BCUT2D eigenvalue weighted by atomic mass is 9.97. The normalized spacial score (nSPS) is 16.9. The number of nitrogens with zero attached hydrogens (tertiary/aromatic N) is 2. The highest BCUT2D eigenvalue weighted by Crippen LogP contribution is 2.25. The summed E-state index contributed by atoms with van der Waals surface area (Å²) in [5.74, 6) is -0.683. The first kappa shape index (κ1) is 23.6. The van der Waals surface area contributed by atoms with E-state index in [1.165, 1.54) is 31.4 Å². The maximum absolute atomic E-state index is 13.2. The number of nitrogens with one attached hydrogen (secondary N) is 1. The highest BCUT2D eigenvalue weighted by atomic mass is 19.4. The van der Waals surface area contributed by atoms with Crippen LogP contribution in [0.1, 0.15) is 12.8 Å². The molecule has 1 N–H and O–H groups in total. The fraction of sp³-hybridized carbons (Fsp3) is 0.391. The minimum atomic E-state index is -4.55. The second-order valence-electron chi connectivity index (χ2n) is 7.72. The largest absolute Gasteiger partial charge is 0.497 e. The van der Waals surface area contributed by atoms with Crippen LogP contribution in [0.15, 0.2) is 54.6 Å². The van der Waals surface area contributed by atoms with Crippen molar-refractivity contribution in [3.63, 3.8) is 0 Å². The molecule has 3 rings (SSSR count). The van der Waals surface area contributed by atoms with Crippen LogP contribution in [0.5, 0.6) is 5.75 Å². The number of rotatable bonds is 7. The Morgan fingerprint density at radius 2 is 1.81 bits per heavy atom. The first-order valence-corrected chi connectivity index (χ1v) is 10.3. The van der Waals surface area contributed by atoms with Crippen LogP contribution >= 0.6 is 0 Å². The standard InChI is InChI=1S/C23H26F3N3O3/c1-32-20-11-9-19(10-12-20)29(16-23(24,25)26)21(30)15-28-13-5-6-17(14-28)22(31)27-18-7-3-2-4-8-18/h2-4,7-12,17H,5-6,13-16H2,1H3,(H,27,31)/t17-/m1/s1. The van der Waals surface area contributed by atoms with Gasteiger partial charge in [-0.25, -0.2) is 0 Å². The van der Waals surface area contributed by atoms with Gasteiger partial charge in [0.1, 0.15) is 12.3 Å². The first-order valence-electron chi connectivity index (χ1n) is 10.3. The number of methoxy groups -OCH3 is 1. The molecule has 1 saturated heterocycles. The van der Waals surface area contributed by atoms with Gasteiger partial charge < -0.3 is 15.0 Å². The number of hydrogen-bond acceptors (Lipinski definition) is 4. The van der Waals surface area contributed by atoms with E-state index in [0.717, 1.165) is 4.90 Å². The number of para-hydroxylation sites is 1. The average Bonchev–Trinajstić information content (AvgIpc) is 2.78. The third-order valence-electron chi connectivity index (χ3n) is 5.30. The van der Waals surface area contributed by atoms with Gasteiger partial charge in [-0.1, -0.05) is 18.2 Å². The second-order valence-corrected chi connectivity index (χ2v) is 7.72. The molecule has 1 atom stereocenters. The molecule has 2 amide bonds. The molecule has 1 aliphatic heterocycles. The van der Waals surface area contributed by atoms with Crippen molar-refractivity contribution in [2.75, 3.05) is 43.5 Å². The van der Waals surface area contributed by atoms with Gasteiger partial charge in [0.05, 0.1) is 19.6 Å². The Balaban J connectivity index is 1.65. The summed E-state index contributed by atoms with van der Waals surface area (Å²) in [6.45, 7) is -0.725. The van der Waals surface area contributed by atoms with Gasteiger partial charge in [-0.05, 0) is 55.8 Å². The minimum Gasteiger partial charge on any atom is -0.497 e. The van der Waals surface area contributed by atoms with Crippen LogP contribution in [0.3, 0.4) is 0 Å². The number of hydrogen-bond donors (Lipinski definition) is 1. The van der Waals surface area contributed by atoms with E-state index >= 15 is 0 Å². The van der Waals surface area contributed by atoms with Crippen molar-refractivity contribution in [1.82, 2.24) is 4.90 Å². The molecule has 172 valence electrons. The molecular formula is C23H26F3N3O3. The molecule has 0 spiro atoms. The zero-order valence-corrected chi connectivity index (χ0v) is 17.8. The van der Waals surface area contributed by atoms with Gasteiger partial charge in [0.25, 0.3) is 0 Å². The molecule has 0 aromatic heterocycles. The van der Waals surface area contributed by atoms with E-state index in [2.05, 4.69) is 5.32 Å². The van der Waals surface area contributed by atoms with Crippen LogP contribution in [0, 0.1) is 5.92 Å². The zero-order chi connectivity index (χ0) is 23.1. The Kier molecular flexibility index (Phi) is 7.74. The number of alkyl halides is 3. The summed E-state index contributed by atoms with van der Waals surface area (Å²) in [7, 11) is 1.45. The van der Waals surface area contributed by atoms with Gasteiger partial charge in [0.15, 0.2) is 0 Å². The summed E-state index contributed by atoms with van der Waals surface area (Å²) >= 11 is 0. The molecule has 0 saturated carbocycles. The molecule has 0 bridgehead atoms. The zero-order valence-electron chi connectivity index (χ0n) is 17.8. The molecule has 0 aliphatic carbocycles. The van der Waals surface area contributed by atoms with Crippen molar-refractivity contribution < 1.29 is 27.5 Å². The SMILES string of the molecule is COc1ccc(N(CC(F)(F)F)C(=O)CN2CCC[C@@H](C(=O)Nc3ccccc3)C2)cc1. The predicted molar refractivity (Wildman–Crippen MR) is 116 cm³/mol. The molecule has 1 heterocycles. The maximum atomic E-state index is 13.2. The van der Waals surface area contributed by atoms with Gasteiger partial charge in [0.2, 0.25) is 11.8 Å². The lowest BCUT2D eigenvalue weighted by Crippen LogP contribution is -2.48. The van der Waals surface area contributed by atoms with Gasteiger partial charge in [-0.2, -0.15) is 13.2 Å². The minimum absolute atomic E-state index is 0.142. The molecule has 32 heavy (non-hydrogen) atoms.